The second-order valence-corrected chi connectivity index (χ2v) is 4.09. The minimum absolute atomic E-state index is 0.0575. The molecular weight excluding hydrogens is 188 g/mol. The molecule has 0 aliphatic carbocycles. The van der Waals surface area contributed by atoms with Gasteiger partial charge < -0.3 is 0 Å². The molecule has 0 saturated heterocycles. The van der Waals surface area contributed by atoms with Gasteiger partial charge in [-0.15, -0.1) is 4.91 Å². The summed E-state index contributed by atoms with van der Waals surface area (Å²) in [7, 11) is -3.69. The van der Waals surface area contributed by atoms with E-state index in [4.69, 9.17) is 0 Å². The first-order valence-corrected chi connectivity index (χ1v) is 4.96. The number of nitroso groups, excluding NO2 is 1. The average Bonchev–Trinajstić information content (AvgIpc) is 2.37. The Kier molecular flexibility index (Phi) is 2.20. The smallest absolute Gasteiger partial charge is 0.200 e. The van der Waals surface area contributed by atoms with Gasteiger partial charge in [0, 0.05) is 5.38 Å². The Morgan fingerprint density at radius 3 is 2.73 bits per heavy atom. The first-order chi connectivity index (χ1) is 5.17. The first kappa shape index (κ1) is 8.15. The van der Waals surface area contributed by atoms with E-state index in [1.54, 1.807) is 5.38 Å². The van der Waals surface area contributed by atoms with Crippen LogP contribution < -0.4 is 4.83 Å². The second-order valence-electron chi connectivity index (χ2n) is 1.65. The molecule has 0 atom stereocenters. The van der Waals surface area contributed by atoms with Gasteiger partial charge in [0.25, 0.3) is 10.0 Å². The lowest BCUT2D eigenvalue weighted by Gasteiger charge is -1.94. The van der Waals surface area contributed by atoms with Gasteiger partial charge in [-0.2, -0.15) is 24.6 Å². The summed E-state index contributed by atoms with van der Waals surface area (Å²) in [6.45, 7) is 0. The molecule has 0 radical (unpaired) electrons. The molecule has 0 aromatic carbocycles. The number of nitrogens with one attached hydrogen (secondary N) is 1. The summed E-state index contributed by atoms with van der Waals surface area (Å²) in [5.41, 5.74) is 0. The second kappa shape index (κ2) is 2.97. The van der Waals surface area contributed by atoms with Crippen LogP contribution in [0.3, 0.4) is 0 Å². The summed E-state index contributed by atoms with van der Waals surface area (Å²) in [6.07, 6.45) is 0. The quantitative estimate of drug-likeness (QED) is 0.566. The summed E-state index contributed by atoms with van der Waals surface area (Å²) < 4.78 is 21.8. The topological polar surface area (TPSA) is 75.6 Å². The van der Waals surface area contributed by atoms with Gasteiger partial charge in [-0.1, -0.05) is 0 Å². The van der Waals surface area contributed by atoms with Crippen LogP contribution in [0, 0.1) is 4.91 Å². The van der Waals surface area contributed by atoms with Crippen molar-refractivity contribution in [2.24, 2.45) is 5.29 Å². The van der Waals surface area contributed by atoms with Gasteiger partial charge in [0.15, 0.2) is 0 Å². The zero-order valence-corrected chi connectivity index (χ0v) is 6.85. The molecule has 0 aliphatic rings. The molecule has 11 heavy (non-hydrogen) atoms. The first-order valence-electron chi connectivity index (χ1n) is 2.53. The molecule has 1 N–H and O–H groups in total. The Bertz CT molecular complexity index is 328. The lowest BCUT2D eigenvalue weighted by Crippen LogP contribution is -2.16. The minimum Gasteiger partial charge on any atom is -0.200 e. The molecule has 0 bridgehead atoms. The Morgan fingerprint density at radius 1 is 1.55 bits per heavy atom. The zero-order valence-electron chi connectivity index (χ0n) is 5.22. The van der Waals surface area contributed by atoms with Crippen LogP contribution in [0.5, 0.6) is 0 Å². The molecule has 0 aliphatic heterocycles. The minimum atomic E-state index is -3.69. The van der Waals surface area contributed by atoms with Crippen molar-refractivity contribution >= 4 is 21.4 Å². The van der Waals surface area contributed by atoms with Crippen LogP contribution in [0.2, 0.25) is 0 Å². The normalized spacial score (nSPS) is 10.9. The van der Waals surface area contributed by atoms with E-state index in [-0.39, 0.29) is 4.90 Å². The van der Waals surface area contributed by atoms with Crippen molar-refractivity contribution in [3.8, 4) is 0 Å². The fraction of sp³-hybridized carbons (Fsp3) is 0. The van der Waals surface area contributed by atoms with E-state index >= 15 is 0 Å². The molecule has 0 fully saturated rings. The van der Waals surface area contributed by atoms with Gasteiger partial charge in [-0.05, 0) is 11.4 Å². The highest BCUT2D eigenvalue weighted by Gasteiger charge is 2.12. The number of hydrogen-bond donors (Lipinski definition) is 1. The summed E-state index contributed by atoms with van der Waals surface area (Å²) >= 11 is 1.23. The van der Waals surface area contributed by atoms with Crippen molar-refractivity contribution in [1.29, 1.82) is 0 Å². The van der Waals surface area contributed by atoms with Crippen LogP contribution in [0.25, 0.3) is 0 Å². The molecule has 0 amide bonds. The molecule has 5 nitrogen and oxygen atoms in total. The maximum absolute atomic E-state index is 10.9. The highest BCUT2D eigenvalue weighted by Crippen LogP contribution is 2.11. The van der Waals surface area contributed by atoms with Gasteiger partial charge >= 0.3 is 0 Å². The van der Waals surface area contributed by atoms with E-state index in [2.05, 4.69) is 5.29 Å². The molecule has 1 rings (SSSR count). The van der Waals surface area contributed by atoms with E-state index < -0.39 is 10.0 Å². The zero-order chi connectivity index (χ0) is 8.32. The predicted molar refractivity (Wildman–Crippen MR) is 40.4 cm³/mol. The third kappa shape index (κ3) is 1.75. The van der Waals surface area contributed by atoms with Crippen LogP contribution in [0.1, 0.15) is 0 Å². The molecule has 0 spiro atoms. The molecule has 1 aromatic heterocycles. The standard InChI is InChI=1S/C4H4N2O3S2/c7-5-6-11(8,9)4-1-2-10-3-4/h1-3H,(H,6,7). The van der Waals surface area contributed by atoms with Gasteiger partial charge in [0.1, 0.15) is 0 Å². The SMILES string of the molecule is O=NNS(=O)(=O)c1ccsc1. The molecular formula is C4H4N2O3S2. The Hall–Kier alpha value is -0.950. The number of sulfonamides is 1. The van der Waals surface area contributed by atoms with E-state index in [0.29, 0.717) is 0 Å². The highest BCUT2D eigenvalue weighted by molar-refractivity contribution is 7.89. The third-order valence-corrected chi connectivity index (χ3v) is 2.98. The van der Waals surface area contributed by atoms with Crippen molar-refractivity contribution in [1.82, 2.24) is 4.83 Å². The highest BCUT2D eigenvalue weighted by atomic mass is 32.2. The van der Waals surface area contributed by atoms with Crippen molar-refractivity contribution in [3.05, 3.63) is 21.7 Å². The lowest BCUT2D eigenvalue weighted by atomic mass is 10.7. The maximum atomic E-state index is 10.9. The molecule has 60 valence electrons. The van der Waals surface area contributed by atoms with Crippen molar-refractivity contribution in [2.45, 2.75) is 4.90 Å². The molecule has 0 unspecified atom stereocenters. The van der Waals surface area contributed by atoms with E-state index in [1.807, 2.05) is 0 Å². The lowest BCUT2D eigenvalue weighted by molar-refractivity contribution is 0.584. The van der Waals surface area contributed by atoms with Crippen molar-refractivity contribution in [3.63, 3.8) is 0 Å². The monoisotopic (exact) mass is 192 g/mol. The predicted octanol–water partition coefficient (Wildman–Crippen LogP) is 0.708. The van der Waals surface area contributed by atoms with Gasteiger partial charge in [-0.25, -0.2) is 0 Å². The van der Waals surface area contributed by atoms with Crippen LogP contribution in [-0.4, -0.2) is 8.42 Å². The molecule has 1 aromatic rings. The summed E-state index contributed by atoms with van der Waals surface area (Å²) in [5, 5.41) is 5.09. The Labute approximate surface area is 67.0 Å². The Morgan fingerprint density at radius 2 is 2.27 bits per heavy atom. The molecule has 1 heterocycles. The molecule has 0 saturated carbocycles. The Balaban J connectivity index is 3.01. The fourth-order valence-corrected chi connectivity index (χ4v) is 2.23. The average molecular weight is 192 g/mol. The summed E-state index contributed by atoms with van der Waals surface area (Å²) in [4.78, 5) is 11.1. The van der Waals surface area contributed by atoms with Gasteiger partial charge in [0.2, 0.25) is 0 Å². The van der Waals surface area contributed by atoms with Crippen LogP contribution in [0.4, 0.5) is 0 Å². The van der Waals surface area contributed by atoms with Gasteiger partial charge in [0.05, 0.1) is 10.2 Å². The number of rotatable bonds is 3. The van der Waals surface area contributed by atoms with Crippen molar-refractivity contribution < 1.29 is 8.42 Å². The fourth-order valence-electron chi connectivity index (χ4n) is 0.507. The van der Waals surface area contributed by atoms with Crippen LogP contribution in [-0.2, 0) is 10.0 Å². The van der Waals surface area contributed by atoms with E-state index in [1.165, 1.54) is 27.6 Å². The third-order valence-electron chi connectivity index (χ3n) is 0.963. The van der Waals surface area contributed by atoms with E-state index in [0.717, 1.165) is 0 Å². The molecule has 7 heteroatoms. The summed E-state index contributed by atoms with van der Waals surface area (Å²) in [6, 6.07) is 1.39. The van der Waals surface area contributed by atoms with Crippen LogP contribution in [0.15, 0.2) is 27.0 Å². The number of thiophene rings is 1. The van der Waals surface area contributed by atoms with Crippen molar-refractivity contribution in [2.75, 3.05) is 0 Å². The van der Waals surface area contributed by atoms with Crippen LogP contribution >= 0.6 is 11.3 Å². The number of nitrogens with zero attached hydrogens (tertiary/aromatic N) is 1. The summed E-state index contributed by atoms with van der Waals surface area (Å²) in [5.74, 6) is 0. The maximum Gasteiger partial charge on any atom is 0.279 e. The van der Waals surface area contributed by atoms with Gasteiger partial charge in [-0.3, -0.25) is 0 Å². The van der Waals surface area contributed by atoms with E-state index in [9.17, 15) is 13.3 Å². The number of hydrogen-bond acceptors (Lipinski definition) is 5. The largest absolute Gasteiger partial charge is 0.279 e.